The number of carbonyl (C=O) groups is 1. The number of carboxylic acids is 1. The van der Waals surface area contributed by atoms with Gasteiger partial charge in [-0.25, -0.2) is 0 Å². The molecule has 0 aliphatic carbocycles. The average Bonchev–Trinajstić information content (AvgIpc) is 2.53. The SMILES string of the molecule is COc1cc(CC(C(=O)O)c2ccc(C)cc2C)cc([N+](=O)[O-])c1O. The van der Waals surface area contributed by atoms with Crippen molar-refractivity contribution >= 4 is 11.7 Å². The maximum absolute atomic E-state index is 11.8. The molecule has 1 atom stereocenters. The minimum absolute atomic E-state index is 0.0384. The second-order valence-electron chi connectivity index (χ2n) is 5.88. The highest BCUT2D eigenvalue weighted by Gasteiger charge is 2.26. The van der Waals surface area contributed by atoms with Crippen LogP contribution in [0.25, 0.3) is 0 Å². The Labute approximate surface area is 144 Å². The predicted molar refractivity (Wildman–Crippen MR) is 91.3 cm³/mol. The Morgan fingerprint density at radius 2 is 1.96 bits per heavy atom. The number of nitro benzene ring substituents is 1. The summed E-state index contributed by atoms with van der Waals surface area (Å²) in [6.07, 6.45) is 0.0384. The van der Waals surface area contributed by atoms with Gasteiger partial charge >= 0.3 is 11.7 Å². The van der Waals surface area contributed by atoms with Crippen LogP contribution in [0.3, 0.4) is 0 Å². The Kier molecular flexibility index (Phi) is 5.26. The fourth-order valence-electron chi connectivity index (χ4n) is 2.84. The molecule has 0 aromatic heterocycles. The second kappa shape index (κ2) is 7.21. The number of aryl methyl sites for hydroxylation is 2. The van der Waals surface area contributed by atoms with E-state index in [0.717, 1.165) is 11.1 Å². The molecule has 2 aromatic rings. The lowest BCUT2D eigenvalue weighted by molar-refractivity contribution is -0.386. The highest BCUT2D eigenvalue weighted by Crippen LogP contribution is 2.38. The summed E-state index contributed by atoms with van der Waals surface area (Å²) in [6, 6.07) is 8.08. The van der Waals surface area contributed by atoms with Crippen LogP contribution in [-0.4, -0.2) is 28.2 Å². The first kappa shape index (κ1) is 18.3. The Balaban J connectivity index is 2.48. The van der Waals surface area contributed by atoms with Gasteiger partial charge in [-0.3, -0.25) is 14.9 Å². The van der Waals surface area contributed by atoms with Gasteiger partial charge in [0, 0.05) is 6.07 Å². The Morgan fingerprint density at radius 1 is 1.28 bits per heavy atom. The molecule has 0 spiro atoms. The second-order valence-corrected chi connectivity index (χ2v) is 5.88. The Hall–Kier alpha value is -3.09. The lowest BCUT2D eigenvalue weighted by Gasteiger charge is -2.17. The van der Waals surface area contributed by atoms with Crippen molar-refractivity contribution in [1.29, 1.82) is 0 Å². The van der Waals surface area contributed by atoms with Gasteiger partial charge in [-0.15, -0.1) is 0 Å². The average molecular weight is 345 g/mol. The Bertz CT molecular complexity index is 831. The van der Waals surface area contributed by atoms with E-state index in [0.29, 0.717) is 11.1 Å². The molecule has 132 valence electrons. The molecule has 0 saturated carbocycles. The van der Waals surface area contributed by atoms with Gasteiger partial charge < -0.3 is 14.9 Å². The molecule has 0 aliphatic rings. The van der Waals surface area contributed by atoms with Crippen LogP contribution in [-0.2, 0) is 11.2 Å². The van der Waals surface area contributed by atoms with Gasteiger partial charge in [0.05, 0.1) is 18.0 Å². The standard InChI is InChI=1S/C18H19NO6/c1-10-4-5-13(11(2)6-10)14(18(21)22)7-12-8-15(19(23)24)17(20)16(9-12)25-3/h4-6,8-9,14,20H,7H2,1-3H3,(H,21,22). The third-order valence-electron chi connectivity index (χ3n) is 4.07. The highest BCUT2D eigenvalue weighted by atomic mass is 16.6. The number of phenols is 1. The smallest absolute Gasteiger partial charge is 0.314 e. The molecule has 2 rings (SSSR count). The quantitative estimate of drug-likeness (QED) is 0.614. The van der Waals surface area contributed by atoms with Crippen LogP contribution in [0.2, 0.25) is 0 Å². The predicted octanol–water partition coefficient (Wildman–Crippen LogP) is 3.34. The number of hydrogen-bond donors (Lipinski definition) is 2. The largest absolute Gasteiger partial charge is 0.500 e. The van der Waals surface area contributed by atoms with Crippen LogP contribution in [0, 0.1) is 24.0 Å². The van der Waals surface area contributed by atoms with E-state index in [9.17, 15) is 25.1 Å². The number of carboxylic acid groups (broad SMARTS) is 1. The lowest BCUT2D eigenvalue weighted by Crippen LogP contribution is -2.16. The van der Waals surface area contributed by atoms with Crippen molar-refractivity contribution in [3.63, 3.8) is 0 Å². The third kappa shape index (κ3) is 3.88. The first-order valence-electron chi connectivity index (χ1n) is 7.58. The van der Waals surface area contributed by atoms with Gasteiger partial charge in [0.15, 0.2) is 5.75 Å². The maximum atomic E-state index is 11.8. The summed E-state index contributed by atoms with van der Waals surface area (Å²) in [4.78, 5) is 22.1. The number of benzene rings is 2. The molecule has 0 heterocycles. The monoisotopic (exact) mass is 345 g/mol. The minimum Gasteiger partial charge on any atom is -0.500 e. The van der Waals surface area contributed by atoms with Gasteiger partial charge in [-0.1, -0.05) is 23.8 Å². The van der Waals surface area contributed by atoms with Crippen LogP contribution in [0.5, 0.6) is 11.5 Å². The van der Waals surface area contributed by atoms with Gasteiger partial charge in [0.2, 0.25) is 5.75 Å². The molecule has 2 aromatic carbocycles. The fraction of sp³-hybridized carbons (Fsp3) is 0.278. The van der Waals surface area contributed by atoms with Gasteiger partial charge in [-0.05, 0) is 43.0 Å². The molecular weight excluding hydrogens is 326 g/mol. The van der Waals surface area contributed by atoms with E-state index in [1.807, 2.05) is 26.0 Å². The molecule has 0 saturated heterocycles. The molecule has 2 N–H and O–H groups in total. The molecular formula is C18H19NO6. The summed E-state index contributed by atoms with van der Waals surface area (Å²) in [5, 5.41) is 30.6. The number of aromatic hydroxyl groups is 1. The molecule has 7 heteroatoms. The molecule has 0 aliphatic heterocycles. The lowest BCUT2D eigenvalue weighted by atomic mass is 9.88. The van der Waals surface area contributed by atoms with E-state index in [4.69, 9.17) is 4.74 Å². The molecule has 7 nitrogen and oxygen atoms in total. The zero-order chi connectivity index (χ0) is 18.7. The molecule has 0 amide bonds. The number of aliphatic carboxylic acids is 1. The van der Waals surface area contributed by atoms with Crippen molar-refractivity contribution in [2.45, 2.75) is 26.2 Å². The molecule has 0 radical (unpaired) electrons. The van der Waals surface area contributed by atoms with Crippen molar-refractivity contribution in [3.05, 3.63) is 62.7 Å². The van der Waals surface area contributed by atoms with E-state index in [-0.39, 0.29) is 12.2 Å². The van der Waals surface area contributed by atoms with E-state index >= 15 is 0 Å². The number of phenolic OH excluding ortho intramolecular Hbond substituents is 1. The number of ether oxygens (including phenoxy) is 1. The zero-order valence-electron chi connectivity index (χ0n) is 14.1. The van der Waals surface area contributed by atoms with Crippen molar-refractivity contribution < 1.29 is 24.7 Å². The topological polar surface area (TPSA) is 110 Å². The number of methoxy groups -OCH3 is 1. The third-order valence-corrected chi connectivity index (χ3v) is 4.07. The zero-order valence-corrected chi connectivity index (χ0v) is 14.1. The first-order valence-corrected chi connectivity index (χ1v) is 7.58. The van der Waals surface area contributed by atoms with Crippen molar-refractivity contribution in [2.75, 3.05) is 7.11 Å². The van der Waals surface area contributed by atoms with E-state index in [1.54, 1.807) is 6.07 Å². The van der Waals surface area contributed by atoms with Crippen LogP contribution in [0.4, 0.5) is 5.69 Å². The van der Waals surface area contributed by atoms with Gasteiger partial charge in [0.1, 0.15) is 0 Å². The summed E-state index contributed by atoms with van der Waals surface area (Å²) in [7, 11) is 1.28. The number of rotatable bonds is 6. The summed E-state index contributed by atoms with van der Waals surface area (Å²) >= 11 is 0. The molecule has 0 bridgehead atoms. The Morgan fingerprint density at radius 3 is 2.48 bits per heavy atom. The summed E-state index contributed by atoms with van der Waals surface area (Å²) in [5.74, 6) is -2.53. The van der Waals surface area contributed by atoms with Crippen LogP contribution >= 0.6 is 0 Å². The highest BCUT2D eigenvalue weighted by molar-refractivity contribution is 5.77. The van der Waals surface area contributed by atoms with Crippen molar-refractivity contribution in [3.8, 4) is 11.5 Å². The molecule has 0 fully saturated rings. The number of nitro groups is 1. The molecule has 25 heavy (non-hydrogen) atoms. The first-order chi connectivity index (χ1) is 11.7. The minimum atomic E-state index is -1.03. The summed E-state index contributed by atoms with van der Waals surface area (Å²) < 4.78 is 4.96. The van der Waals surface area contributed by atoms with E-state index < -0.39 is 28.2 Å². The van der Waals surface area contributed by atoms with Crippen LogP contribution in [0.1, 0.15) is 28.2 Å². The van der Waals surface area contributed by atoms with Crippen LogP contribution in [0.15, 0.2) is 30.3 Å². The number of hydrogen-bond acceptors (Lipinski definition) is 5. The van der Waals surface area contributed by atoms with Crippen molar-refractivity contribution in [1.82, 2.24) is 0 Å². The van der Waals surface area contributed by atoms with Gasteiger partial charge in [0.25, 0.3) is 0 Å². The number of nitrogens with zero attached hydrogens (tertiary/aromatic N) is 1. The fourth-order valence-corrected chi connectivity index (χ4v) is 2.84. The van der Waals surface area contributed by atoms with Crippen LogP contribution < -0.4 is 4.74 Å². The van der Waals surface area contributed by atoms with E-state index in [1.165, 1.54) is 19.2 Å². The van der Waals surface area contributed by atoms with Gasteiger partial charge in [-0.2, -0.15) is 0 Å². The van der Waals surface area contributed by atoms with E-state index in [2.05, 4.69) is 0 Å². The molecule has 1 unspecified atom stereocenters. The maximum Gasteiger partial charge on any atom is 0.314 e. The summed E-state index contributed by atoms with van der Waals surface area (Å²) in [6.45, 7) is 3.75. The van der Waals surface area contributed by atoms with Crippen molar-refractivity contribution in [2.24, 2.45) is 0 Å². The normalized spacial score (nSPS) is 11.8. The summed E-state index contributed by atoms with van der Waals surface area (Å²) in [5.41, 5.74) is 2.39.